The maximum atomic E-state index is 12.5. The lowest BCUT2D eigenvalue weighted by molar-refractivity contribution is -0.119. The highest BCUT2D eigenvalue weighted by Crippen LogP contribution is 2.31. The fourth-order valence-electron chi connectivity index (χ4n) is 3.70. The van der Waals surface area contributed by atoms with E-state index in [1.54, 1.807) is 13.3 Å². The number of hydrogen-bond acceptors (Lipinski definition) is 6. The monoisotopic (exact) mass is 423 g/mol. The summed E-state index contributed by atoms with van der Waals surface area (Å²) < 4.78 is 7.46. The van der Waals surface area contributed by atoms with Gasteiger partial charge in [-0.3, -0.25) is 14.3 Å². The zero-order valence-corrected chi connectivity index (χ0v) is 17.8. The standard InChI is InChI=1S/C22H25N5O2S/c1-29-19-13-6-5-12-18(19)27-21(17-11-7-8-14-23-17)25-26-22(27)30-15-20(28)24-16-9-3-2-4-10-16/h5-8,11-14,16H,2-4,9-10,15H2,1H3,(H,24,28). The number of carbonyl (C=O) groups is 1. The first-order chi connectivity index (χ1) is 14.8. The lowest BCUT2D eigenvalue weighted by Crippen LogP contribution is -2.37. The Labute approximate surface area is 180 Å². The molecule has 1 saturated carbocycles. The molecule has 0 aliphatic heterocycles. The summed E-state index contributed by atoms with van der Waals surface area (Å²) in [5.74, 6) is 1.62. The van der Waals surface area contributed by atoms with Gasteiger partial charge in [0.2, 0.25) is 5.91 Å². The maximum absolute atomic E-state index is 12.5. The summed E-state index contributed by atoms with van der Waals surface area (Å²) in [4.78, 5) is 16.9. The Morgan fingerprint density at radius 2 is 1.93 bits per heavy atom. The molecule has 8 heteroatoms. The highest BCUT2D eigenvalue weighted by Gasteiger charge is 2.21. The van der Waals surface area contributed by atoms with Gasteiger partial charge in [0.15, 0.2) is 11.0 Å². The molecule has 1 fully saturated rings. The summed E-state index contributed by atoms with van der Waals surface area (Å²) in [6, 6.07) is 13.6. The van der Waals surface area contributed by atoms with Gasteiger partial charge in [-0.05, 0) is 37.1 Å². The van der Waals surface area contributed by atoms with E-state index in [1.807, 2.05) is 47.0 Å². The SMILES string of the molecule is COc1ccccc1-n1c(SCC(=O)NC2CCCCC2)nnc1-c1ccccn1. The quantitative estimate of drug-likeness (QED) is 0.581. The molecule has 0 atom stereocenters. The van der Waals surface area contributed by atoms with Gasteiger partial charge in [0.1, 0.15) is 11.4 Å². The van der Waals surface area contributed by atoms with E-state index in [4.69, 9.17) is 4.74 Å². The normalized spacial score (nSPS) is 14.4. The third-order valence-electron chi connectivity index (χ3n) is 5.16. The summed E-state index contributed by atoms with van der Waals surface area (Å²) in [6.07, 6.45) is 7.50. The van der Waals surface area contributed by atoms with Crippen molar-refractivity contribution in [3.05, 3.63) is 48.7 Å². The summed E-state index contributed by atoms with van der Waals surface area (Å²) in [7, 11) is 1.63. The number of methoxy groups -OCH3 is 1. The molecule has 30 heavy (non-hydrogen) atoms. The topological polar surface area (TPSA) is 81.9 Å². The van der Waals surface area contributed by atoms with Gasteiger partial charge in [-0.2, -0.15) is 0 Å². The molecule has 0 radical (unpaired) electrons. The molecule has 2 heterocycles. The van der Waals surface area contributed by atoms with Gasteiger partial charge < -0.3 is 10.1 Å². The second-order valence-electron chi connectivity index (χ2n) is 7.22. The Bertz CT molecular complexity index is 986. The van der Waals surface area contributed by atoms with Gasteiger partial charge in [0.05, 0.1) is 18.6 Å². The highest BCUT2D eigenvalue weighted by atomic mass is 32.2. The van der Waals surface area contributed by atoms with Crippen LogP contribution in [0.25, 0.3) is 17.2 Å². The molecule has 4 rings (SSSR count). The van der Waals surface area contributed by atoms with Crippen molar-refractivity contribution in [1.82, 2.24) is 25.1 Å². The van der Waals surface area contributed by atoms with Crippen molar-refractivity contribution >= 4 is 17.7 Å². The summed E-state index contributed by atoms with van der Waals surface area (Å²) in [6.45, 7) is 0. The summed E-state index contributed by atoms with van der Waals surface area (Å²) >= 11 is 1.37. The molecule has 7 nitrogen and oxygen atoms in total. The molecule has 0 unspecified atom stereocenters. The van der Waals surface area contributed by atoms with Crippen LogP contribution in [0.2, 0.25) is 0 Å². The van der Waals surface area contributed by atoms with Crippen LogP contribution >= 0.6 is 11.8 Å². The number of benzene rings is 1. The smallest absolute Gasteiger partial charge is 0.230 e. The molecule has 1 aliphatic carbocycles. The lowest BCUT2D eigenvalue weighted by atomic mass is 9.95. The van der Waals surface area contributed by atoms with E-state index >= 15 is 0 Å². The van der Waals surface area contributed by atoms with E-state index in [0.717, 1.165) is 18.5 Å². The predicted octanol–water partition coefficient (Wildman–Crippen LogP) is 3.88. The fourth-order valence-corrected chi connectivity index (χ4v) is 4.46. The fraction of sp³-hybridized carbons (Fsp3) is 0.364. The van der Waals surface area contributed by atoms with E-state index in [0.29, 0.717) is 28.5 Å². The van der Waals surface area contributed by atoms with Crippen molar-refractivity contribution in [1.29, 1.82) is 0 Å². The average Bonchev–Trinajstić information content (AvgIpc) is 3.22. The van der Waals surface area contributed by atoms with Crippen molar-refractivity contribution < 1.29 is 9.53 Å². The number of rotatable bonds is 7. The second-order valence-corrected chi connectivity index (χ2v) is 8.16. The largest absolute Gasteiger partial charge is 0.495 e. The third kappa shape index (κ3) is 4.64. The Morgan fingerprint density at radius 3 is 2.70 bits per heavy atom. The first-order valence-electron chi connectivity index (χ1n) is 10.2. The molecule has 2 aromatic heterocycles. The minimum atomic E-state index is 0.0286. The van der Waals surface area contributed by atoms with Crippen LogP contribution in [0.3, 0.4) is 0 Å². The van der Waals surface area contributed by atoms with Gasteiger partial charge in [-0.25, -0.2) is 0 Å². The molecule has 1 aliphatic rings. The number of pyridine rings is 1. The predicted molar refractivity (Wildman–Crippen MR) is 117 cm³/mol. The van der Waals surface area contributed by atoms with E-state index in [2.05, 4.69) is 20.5 Å². The number of thioether (sulfide) groups is 1. The Hall–Kier alpha value is -2.87. The minimum Gasteiger partial charge on any atom is -0.495 e. The van der Waals surface area contributed by atoms with Crippen molar-refractivity contribution in [3.8, 4) is 23.0 Å². The minimum absolute atomic E-state index is 0.0286. The van der Waals surface area contributed by atoms with Gasteiger partial charge in [0.25, 0.3) is 0 Å². The molecule has 1 aromatic carbocycles. The Morgan fingerprint density at radius 1 is 1.13 bits per heavy atom. The van der Waals surface area contributed by atoms with Gasteiger partial charge >= 0.3 is 0 Å². The van der Waals surface area contributed by atoms with E-state index in [-0.39, 0.29) is 11.7 Å². The molecule has 0 spiro atoms. The van der Waals surface area contributed by atoms with Gasteiger partial charge in [0, 0.05) is 12.2 Å². The van der Waals surface area contributed by atoms with Gasteiger partial charge in [-0.15, -0.1) is 10.2 Å². The molecule has 156 valence electrons. The third-order valence-corrected chi connectivity index (χ3v) is 6.09. The molecule has 0 saturated heterocycles. The molecular formula is C22H25N5O2S. The molecular weight excluding hydrogens is 398 g/mol. The zero-order chi connectivity index (χ0) is 20.8. The van der Waals surface area contributed by atoms with Crippen LogP contribution in [0.5, 0.6) is 5.75 Å². The van der Waals surface area contributed by atoms with Gasteiger partial charge in [-0.1, -0.05) is 49.2 Å². The van der Waals surface area contributed by atoms with Crippen molar-refractivity contribution in [3.63, 3.8) is 0 Å². The number of nitrogens with one attached hydrogen (secondary N) is 1. The van der Waals surface area contributed by atoms with Crippen LogP contribution < -0.4 is 10.1 Å². The van der Waals surface area contributed by atoms with Crippen LogP contribution in [-0.4, -0.2) is 44.6 Å². The number of carbonyl (C=O) groups excluding carboxylic acids is 1. The summed E-state index contributed by atoms with van der Waals surface area (Å²) in [5, 5.41) is 12.5. The highest BCUT2D eigenvalue weighted by molar-refractivity contribution is 7.99. The number of amides is 1. The first-order valence-corrected chi connectivity index (χ1v) is 11.2. The van der Waals surface area contributed by atoms with E-state index in [9.17, 15) is 4.79 Å². The first kappa shape index (κ1) is 20.4. The molecule has 1 N–H and O–H groups in total. The summed E-state index contributed by atoms with van der Waals surface area (Å²) in [5.41, 5.74) is 1.51. The Kier molecular flexibility index (Phi) is 6.63. The number of para-hydroxylation sites is 2. The lowest BCUT2D eigenvalue weighted by Gasteiger charge is -2.22. The Balaban J connectivity index is 1.60. The van der Waals surface area contributed by atoms with Crippen LogP contribution in [0.15, 0.2) is 53.8 Å². The van der Waals surface area contributed by atoms with Crippen LogP contribution in [0, 0.1) is 0 Å². The molecule has 0 bridgehead atoms. The van der Waals surface area contributed by atoms with Crippen LogP contribution in [0.4, 0.5) is 0 Å². The van der Waals surface area contributed by atoms with Crippen molar-refractivity contribution in [2.45, 2.75) is 43.3 Å². The molecule has 3 aromatic rings. The van der Waals surface area contributed by atoms with Crippen LogP contribution in [0.1, 0.15) is 32.1 Å². The van der Waals surface area contributed by atoms with Crippen molar-refractivity contribution in [2.24, 2.45) is 0 Å². The van der Waals surface area contributed by atoms with E-state index < -0.39 is 0 Å². The molecule has 1 amide bonds. The second kappa shape index (κ2) is 9.75. The number of aromatic nitrogens is 4. The average molecular weight is 424 g/mol. The van der Waals surface area contributed by atoms with Crippen molar-refractivity contribution in [2.75, 3.05) is 12.9 Å². The number of hydrogen-bond donors (Lipinski definition) is 1. The van der Waals surface area contributed by atoms with E-state index in [1.165, 1.54) is 31.0 Å². The number of nitrogens with zero attached hydrogens (tertiary/aromatic N) is 4. The van der Waals surface area contributed by atoms with Crippen LogP contribution in [-0.2, 0) is 4.79 Å². The zero-order valence-electron chi connectivity index (χ0n) is 17.0. The maximum Gasteiger partial charge on any atom is 0.230 e. The number of ether oxygens (including phenoxy) is 1.